The van der Waals surface area contributed by atoms with Gasteiger partial charge in [-0.2, -0.15) is 5.10 Å². The van der Waals surface area contributed by atoms with E-state index in [0.717, 1.165) is 50.9 Å². The smallest absolute Gasteiger partial charge is 0.156 e. The summed E-state index contributed by atoms with van der Waals surface area (Å²) in [4.78, 5) is 4.90. The van der Waals surface area contributed by atoms with Gasteiger partial charge < -0.3 is 9.47 Å². The van der Waals surface area contributed by atoms with Crippen LogP contribution in [-0.2, 0) is 0 Å². The normalized spacial score (nSPS) is 10.9. The molecule has 0 bridgehead atoms. The van der Waals surface area contributed by atoms with Crippen LogP contribution in [-0.4, -0.2) is 28.8 Å². The van der Waals surface area contributed by atoms with Crippen LogP contribution in [0.4, 0.5) is 0 Å². The van der Waals surface area contributed by atoms with Crippen LogP contribution in [0.25, 0.3) is 39.4 Å². The molecule has 2 aromatic heterocycles. The minimum absolute atomic E-state index is 0.790. The third kappa shape index (κ3) is 3.62. The largest absolute Gasteiger partial charge is 0.497 e. The summed E-state index contributed by atoms with van der Waals surface area (Å²) < 4.78 is 12.5. The van der Waals surface area contributed by atoms with Gasteiger partial charge in [0.05, 0.1) is 31.3 Å². The number of nitrogens with zero attached hydrogens (tertiary/aromatic N) is 3. The zero-order chi connectivity index (χ0) is 21.2. The Morgan fingerprint density at radius 2 is 1.19 bits per heavy atom. The molecule has 31 heavy (non-hydrogen) atoms. The average molecular weight is 407 g/mol. The molecule has 5 nitrogen and oxygen atoms in total. The van der Waals surface area contributed by atoms with Crippen LogP contribution >= 0.6 is 0 Å². The Labute approximate surface area is 180 Å². The van der Waals surface area contributed by atoms with Crippen molar-refractivity contribution in [1.82, 2.24) is 14.6 Å². The highest BCUT2D eigenvalue weighted by Crippen LogP contribution is 2.30. The van der Waals surface area contributed by atoms with E-state index in [1.165, 1.54) is 0 Å². The van der Waals surface area contributed by atoms with Gasteiger partial charge in [0.25, 0.3) is 0 Å². The van der Waals surface area contributed by atoms with Crippen LogP contribution in [0.1, 0.15) is 0 Å². The van der Waals surface area contributed by atoms with Gasteiger partial charge in [0.15, 0.2) is 5.65 Å². The van der Waals surface area contributed by atoms with E-state index in [1.54, 1.807) is 14.2 Å². The Kier molecular flexibility index (Phi) is 4.84. The lowest BCUT2D eigenvalue weighted by molar-refractivity contribution is 0.415. The van der Waals surface area contributed by atoms with Crippen LogP contribution in [0.3, 0.4) is 0 Å². The number of hydrogen-bond acceptors (Lipinski definition) is 4. The maximum absolute atomic E-state index is 5.32. The molecule has 0 aliphatic carbocycles. The second-order valence-electron chi connectivity index (χ2n) is 7.15. The molecule has 0 radical (unpaired) electrons. The molecule has 0 unspecified atom stereocenters. The topological polar surface area (TPSA) is 48.7 Å². The fourth-order valence-electron chi connectivity index (χ4n) is 3.60. The fraction of sp³-hybridized carbons (Fsp3) is 0.0769. The van der Waals surface area contributed by atoms with Crippen LogP contribution < -0.4 is 9.47 Å². The highest BCUT2D eigenvalue weighted by molar-refractivity contribution is 5.74. The molecule has 0 N–H and O–H groups in total. The molecule has 5 heteroatoms. The monoisotopic (exact) mass is 407 g/mol. The number of methoxy groups -OCH3 is 2. The molecule has 2 heterocycles. The van der Waals surface area contributed by atoms with Gasteiger partial charge in [0.1, 0.15) is 11.5 Å². The molecule has 0 aliphatic rings. The summed E-state index contributed by atoms with van der Waals surface area (Å²) in [5.41, 5.74) is 6.61. The Morgan fingerprint density at radius 1 is 0.613 bits per heavy atom. The Morgan fingerprint density at radius 3 is 1.81 bits per heavy atom. The minimum atomic E-state index is 0.790. The van der Waals surface area contributed by atoms with Crippen LogP contribution in [0.15, 0.2) is 91.0 Å². The third-order valence-electron chi connectivity index (χ3n) is 5.27. The maximum Gasteiger partial charge on any atom is 0.156 e. The number of rotatable bonds is 5. The molecule has 0 spiro atoms. The Hall–Kier alpha value is -4.12. The van der Waals surface area contributed by atoms with Crippen molar-refractivity contribution in [3.05, 3.63) is 91.0 Å². The fourth-order valence-corrected chi connectivity index (χ4v) is 3.60. The molecule has 0 fully saturated rings. The molecular formula is C26H21N3O2. The van der Waals surface area contributed by atoms with Gasteiger partial charge in [-0.15, -0.1) is 0 Å². The van der Waals surface area contributed by atoms with Crippen LogP contribution in [0.2, 0.25) is 0 Å². The quantitative estimate of drug-likeness (QED) is 0.372. The van der Waals surface area contributed by atoms with Crippen molar-refractivity contribution in [1.29, 1.82) is 0 Å². The standard InChI is InChI=1S/C26H21N3O2/c1-30-21-12-8-19(9-13-21)23-16-25(20-10-14-22(31-2)15-11-20)29-26(27-23)17-24(28-29)18-6-4-3-5-7-18/h3-17H,1-2H3. The first-order chi connectivity index (χ1) is 15.2. The van der Waals surface area contributed by atoms with Gasteiger partial charge in [-0.25, -0.2) is 9.50 Å². The van der Waals surface area contributed by atoms with E-state index in [-0.39, 0.29) is 0 Å². The third-order valence-corrected chi connectivity index (χ3v) is 5.27. The summed E-state index contributed by atoms with van der Waals surface area (Å²) >= 11 is 0. The van der Waals surface area contributed by atoms with Crippen molar-refractivity contribution < 1.29 is 9.47 Å². The van der Waals surface area contributed by atoms with E-state index < -0.39 is 0 Å². The molecule has 152 valence electrons. The zero-order valence-corrected chi connectivity index (χ0v) is 17.3. The Bertz CT molecular complexity index is 1330. The highest BCUT2D eigenvalue weighted by atomic mass is 16.5. The van der Waals surface area contributed by atoms with Gasteiger partial charge in [-0.3, -0.25) is 0 Å². The lowest BCUT2D eigenvalue weighted by Gasteiger charge is -2.10. The number of aromatic nitrogens is 3. The minimum Gasteiger partial charge on any atom is -0.497 e. The number of fused-ring (bicyclic) bond motifs is 1. The number of benzene rings is 3. The van der Waals surface area contributed by atoms with E-state index in [9.17, 15) is 0 Å². The summed E-state index contributed by atoms with van der Waals surface area (Å²) in [6.45, 7) is 0. The molecule has 0 saturated carbocycles. The van der Waals surface area contributed by atoms with Gasteiger partial charge in [-0.1, -0.05) is 30.3 Å². The van der Waals surface area contributed by atoms with Crippen molar-refractivity contribution in [2.24, 2.45) is 0 Å². The molecule has 3 aromatic carbocycles. The van der Waals surface area contributed by atoms with E-state index in [1.807, 2.05) is 77.3 Å². The highest BCUT2D eigenvalue weighted by Gasteiger charge is 2.14. The van der Waals surface area contributed by atoms with E-state index in [4.69, 9.17) is 19.6 Å². The van der Waals surface area contributed by atoms with Gasteiger partial charge in [-0.05, 0) is 54.6 Å². The lowest BCUT2D eigenvalue weighted by atomic mass is 10.1. The summed E-state index contributed by atoms with van der Waals surface area (Å²) in [5.74, 6) is 1.63. The summed E-state index contributed by atoms with van der Waals surface area (Å²) in [6, 6.07) is 30.1. The zero-order valence-electron chi connectivity index (χ0n) is 17.3. The van der Waals surface area contributed by atoms with E-state index in [0.29, 0.717) is 0 Å². The molecule has 0 amide bonds. The predicted octanol–water partition coefficient (Wildman–Crippen LogP) is 5.75. The van der Waals surface area contributed by atoms with E-state index >= 15 is 0 Å². The van der Waals surface area contributed by atoms with Crippen molar-refractivity contribution in [2.45, 2.75) is 0 Å². The van der Waals surface area contributed by atoms with Gasteiger partial charge in [0.2, 0.25) is 0 Å². The maximum atomic E-state index is 5.32. The SMILES string of the molecule is COc1ccc(-c2cc(-c3ccc(OC)cc3)n3nc(-c4ccccc4)cc3n2)cc1. The molecule has 0 atom stereocenters. The van der Waals surface area contributed by atoms with Crippen molar-refractivity contribution in [3.8, 4) is 45.3 Å². The van der Waals surface area contributed by atoms with E-state index in [2.05, 4.69) is 18.2 Å². The van der Waals surface area contributed by atoms with Crippen molar-refractivity contribution in [2.75, 3.05) is 14.2 Å². The molecule has 0 saturated heterocycles. The average Bonchev–Trinajstić information content (AvgIpc) is 3.28. The molecule has 5 aromatic rings. The predicted molar refractivity (Wildman–Crippen MR) is 122 cm³/mol. The second kappa shape index (κ2) is 7.95. The van der Waals surface area contributed by atoms with Crippen LogP contribution in [0.5, 0.6) is 11.5 Å². The number of ether oxygens (including phenoxy) is 2. The first kappa shape index (κ1) is 18.9. The molecule has 0 aliphatic heterocycles. The first-order valence-electron chi connectivity index (χ1n) is 10.0. The van der Waals surface area contributed by atoms with Gasteiger partial charge >= 0.3 is 0 Å². The summed E-state index contributed by atoms with van der Waals surface area (Å²) in [5, 5.41) is 4.87. The Balaban J connectivity index is 1.71. The first-order valence-corrected chi connectivity index (χ1v) is 10.0. The van der Waals surface area contributed by atoms with Crippen molar-refractivity contribution in [3.63, 3.8) is 0 Å². The summed E-state index contributed by atoms with van der Waals surface area (Å²) in [6.07, 6.45) is 0. The summed E-state index contributed by atoms with van der Waals surface area (Å²) in [7, 11) is 3.33. The molecule has 5 rings (SSSR count). The van der Waals surface area contributed by atoms with Crippen molar-refractivity contribution >= 4 is 5.65 Å². The lowest BCUT2D eigenvalue weighted by Crippen LogP contribution is -1.98. The van der Waals surface area contributed by atoms with Gasteiger partial charge in [0, 0.05) is 22.8 Å². The molecular weight excluding hydrogens is 386 g/mol. The number of hydrogen-bond donors (Lipinski definition) is 0. The van der Waals surface area contributed by atoms with Crippen LogP contribution in [0, 0.1) is 0 Å². The second-order valence-corrected chi connectivity index (χ2v) is 7.15.